The molecule has 2 N–H and O–H groups in total. The summed E-state index contributed by atoms with van der Waals surface area (Å²) in [5.41, 5.74) is 7.01. The fourth-order valence-corrected chi connectivity index (χ4v) is 2.24. The third-order valence-corrected chi connectivity index (χ3v) is 3.58. The molecule has 0 aliphatic rings. The van der Waals surface area contributed by atoms with Crippen molar-refractivity contribution >= 4 is 11.3 Å². The summed E-state index contributed by atoms with van der Waals surface area (Å²) in [7, 11) is 0. The predicted octanol–water partition coefficient (Wildman–Crippen LogP) is 2.65. The molecule has 0 unspecified atom stereocenters. The molecule has 0 fully saturated rings. The highest BCUT2D eigenvalue weighted by Crippen LogP contribution is 2.26. The van der Waals surface area contributed by atoms with Crippen LogP contribution in [-0.4, -0.2) is 11.6 Å². The third kappa shape index (κ3) is 3.00. The van der Waals surface area contributed by atoms with Crippen molar-refractivity contribution in [1.82, 2.24) is 4.98 Å². The number of ether oxygens (including phenoxy) is 1. The van der Waals surface area contributed by atoms with Gasteiger partial charge in [-0.3, -0.25) is 0 Å². The Morgan fingerprint density at radius 1 is 1.40 bits per heavy atom. The van der Waals surface area contributed by atoms with Crippen LogP contribution in [0.15, 0.2) is 5.38 Å². The van der Waals surface area contributed by atoms with Gasteiger partial charge in [0.2, 0.25) is 0 Å². The summed E-state index contributed by atoms with van der Waals surface area (Å²) in [6.45, 7) is 7.52. The maximum atomic E-state index is 6.26. The predicted molar refractivity (Wildman–Crippen MR) is 63.9 cm³/mol. The average molecular weight is 228 g/mol. The summed E-state index contributed by atoms with van der Waals surface area (Å²) in [5.74, 6) is 0. The van der Waals surface area contributed by atoms with E-state index in [0.717, 1.165) is 30.2 Å². The fraction of sp³-hybridized carbons (Fsp3) is 0.727. The minimum atomic E-state index is -0.263. The lowest BCUT2D eigenvalue weighted by Gasteiger charge is -2.24. The van der Waals surface area contributed by atoms with Crippen molar-refractivity contribution in [3.63, 3.8) is 0 Å². The normalized spacial score (nSPS) is 12.0. The lowest BCUT2D eigenvalue weighted by atomic mass is 9.91. The van der Waals surface area contributed by atoms with Crippen LogP contribution >= 0.6 is 11.3 Å². The second-order valence-corrected chi connectivity index (χ2v) is 4.57. The molecule has 0 amide bonds. The van der Waals surface area contributed by atoms with Gasteiger partial charge in [-0.25, -0.2) is 4.98 Å². The van der Waals surface area contributed by atoms with Crippen LogP contribution in [0.5, 0.6) is 0 Å². The first-order valence-corrected chi connectivity index (χ1v) is 6.35. The molecule has 0 spiro atoms. The fourth-order valence-electron chi connectivity index (χ4n) is 1.41. The molecule has 86 valence electrons. The minimum absolute atomic E-state index is 0.263. The molecule has 1 heterocycles. The number of rotatable bonds is 6. The van der Waals surface area contributed by atoms with Crippen LogP contribution in [0.1, 0.15) is 44.3 Å². The van der Waals surface area contributed by atoms with Crippen molar-refractivity contribution in [2.45, 2.75) is 45.8 Å². The Balaban J connectivity index is 2.74. The molecule has 1 aromatic heterocycles. The van der Waals surface area contributed by atoms with E-state index in [1.807, 2.05) is 6.92 Å². The van der Waals surface area contributed by atoms with Crippen molar-refractivity contribution in [1.29, 1.82) is 0 Å². The van der Waals surface area contributed by atoms with Gasteiger partial charge in [0, 0.05) is 12.0 Å². The first kappa shape index (κ1) is 12.6. The molecular formula is C11H20N2OS. The van der Waals surface area contributed by atoms with Crippen LogP contribution in [0.25, 0.3) is 0 Å². The summed E-state index contributed by atoms with van der Waals surface area (Å²) < 4.78 is 5.32. The Labute approximate surface area is 95.7 Å². The molecule has 0 aliphatic carbocycles. The molecule has 0 saturated heterocycles. The average Bonchev–Trinajstić information content (AvgIpc) is 2.74. The zero-order valence-electron chi connectivity index (χ0n) is 9.75. The molecule has 15 heavy (non-hydrogen) atoms. The molecule has 0 atom stereocenters. The van der Waals surface area contributed by atoms with E-state index in [1.165, 1.54) is 0 Å². The largest absolute Gasteiger partial charge is 0.375 e. The quantitative estimate of drug-likeness (QED) is 0.814. The molecule has 1 rings (SSSR count). The third-order valence-electron chi connectivity index (χ3n) is 2.75. The highest BCUT2D eigenvalue weighted by Gasteiger charge is 2.25. The van der Waals surface area contributed by atoms with Gasteiger partial charge in [0.25, 0.3) is 0 Å². The summed E-state index contributed by atoms with van der Waals surface area (Å²) in [4.78, 5) is 4.53. The molecule has 4 heteroatoms. The van der Waals surface area contributed by atoms with Gasteiger partial charge in [-0.15, -0.1) is 11.3 Å². The Morgan fingerprint density at radius 2 is 2.07 bits per heavy atom. The smallest absolute Gasteiger partial charge is 0.119 e. The topological polar surface area (TPSA) is 48.1 Å². The van der Waals surface area contributed by atoms with E-state index in [0.29, 0.717) is 6.61 Å². The van der Waals surface area contributed by atoms with E-state index in [1.54, 1.807) is 11.3 Å². The molecule has 3 nitrogen and oxygen atoms in total. The second-order valence-electron chi connectivity index (χ2n) is 3.63. The standard InChI is InChI=1S/C11H20N2OS/c1-4-11(12,5-2)9-8-15-10(13-9)7-14-6-3/h8H,4-7,12H2,1-3H3. The zero-order chi connectivity index (χ0) is 11.3. The number of thiazole rings is 1. The number of aromatic nitrogens is 1. The highest BCUT2D eigenvalue weighted by molar-refractivity contribution is 7.09. The number of nitrogens with zero attached hydrogens (tertiary/aromatic N) is 1. The van der Waals surface area contributed by atoms with Crippen molar-refractivity contribution in [2.24, 2.45) is 5.73 Å². The van der Waals surface area contributed by atoms with E-state index in [2.05, 4.69) is 24.2 Å². The Bertz CT molecular complexity index is 295. The highest BCUT2D eigenvalue weighted by atomic mass is 32.1. The molecule has 0 bridgehead atoms. The zero-order valence-corrected chi connectivity index (χ0v) is 10.6. The summed E-state index contributed by atoms with van der Waals surface area (Å²) in [6, 6.07) is 0. The van der Waals surface area contributed by atoms with Gasteiger partial charge in [0.05, 0.1) is 17.8 Å². The summed E-state index contributed by atoms with van der Waals surface area (Å²) in [6.07, 6.45) is 1.84. The molecular weight excluding hydrogens is 208 g/mol. The van der Waals surface area contributed by atoms with E-state index >= 15 is 0 Å². The van der Waals surface area contributed by atoms with Crippen LogP contribution < -0.4 is 5.73 Å². The maximum Gasteiger partial charge on any atom is 0.119 e. The lowest BCUT2D eigenvalue weighted by Crippen LogP contribution is -2.35. The van der Waals surface area contributed by atoms with Crippen LogP contribution in [0, 0.1) is 0 Å². The second kappa shape index (κ2) is 5.58. The first-order valence-electron chi connectivity index (χ1n) is 5.47. The van der Waals surface area contributed by atoms with Gasteiger partial charge < -0.3 is 10.5 Å². The van der Waals surface area contributed by atoms with Crippen LogP contribution in [0.2, 0.25) is 0 Å². The molecule has 0 radical (unpaired) electrons. The Morgan fingerprint density at radius 3 is 2.60 bits per heavy atom. The molecule has 1 aromatic rings. The van der Waals surface area contributed by atoms with E-state index in [4.69, 9.17) is 10.5 Å². The van der Waals surface area contributed by atoms with Crippen LogP contribution in [0.4, 0.5) is 0 Å². The molecule has 0 aromatic carbocycles. The van der Waals surface area contributed by atoms with Gasteiger partial charge in [-0.05, 0) is 19.8 Å². The van der Waals surface area contributed by atoms with Gasteiger partial charge in [-0.2, -0.15) is 0 Å². The lowest BCUT2D eigenvalue weighted by molar-refractivity contribution is 0.133. The van der Waals surface area contributed by atoms with Gasteiger partial charge >= 0.3 is 0 Å². The number of hydrogen-bond donors (Lipinski definition) is 1. The van der Waals surface area contributed by atoms with Crippen molar-refractivity contribution in [2.75, 3.05) is 6.61 Å². The summed E-state index contributed by atoms with van der Waals surface area (Å²) >= 11 is 1.63. The Kier molecular flexibility index (Phi) is 4.70. The van der Waals surface area contributed by atoms with Crippen molar-refractivity contribution in [3.05, 3.63) is 16.1 Å². The summed E-state index contributed by atoms with van der Waals surface area (Å²) in [5, 5.41) is 3.07. The number of nitrogens with two attached hydrogens (primary N) is 1. The number of hydrogen-bond acceptors (Lipinski definition) is 4. The SMILES string of the molecule is CCOCc1nc(C(N)(CC)CC)cs1. The maximum absolute atomic E-state index is 6.26. The van der Waals surface area contributed by atoms with Crippen molar-refractivity contribution in [3.8, 4) is 0 Å². The molecule has 0 aliphatic heterocycles. The van der Waals surface area contributed by atoms with E-state index in [-0.39, 0.29) is 5.54 Å². The van der Waals surface area contributed by atoms with E-state index < -0.39 is 0 Å². The van der Waals surface area contributed by atoms with Crippen LogP contribution in [0.3, 0.4) is 0 Å². The van der Waals surface area contributed by atoms with Crippen molar-refractivity contribution < 1.29 is 4.74 Å². The Hall–Kier alpha value is -0.450. The van der Waals surface area contributed by atoms with Gasteiger partial charge in [0.15, 0.2) is 0 Å². The minimum Gasteiger partial charge on any atom is -0.375 e. The van der Waals surface area contributed by atoms with Crippen LogP contribution in [-0.2, 0) is 16.9 Å². The van der Waals surface area contributed by atoms with Gasteiger partial charge in [-0.1, -0.05) is 13.8 Å². The monoisotopic (exact) mass is 228 g/mol. The van der Waals surface area contributed by atoms with E-state index in [9.17, 15) is 0 Å². The molecule has 0 saturated carbocycles. The van der Waals surface area contributed by atoms with Gasteiger partial charge in [0.1, 0.15) is 5.01 Å². The first-order chi connectivity index (χ1) is 7.16.